The molecular formula is C24H22ClF6N3. The first-order valence-electron chi connectivity index (χ1n) is 10.8. The topological polar surface area (TPSA) is 37.0 Å². The molecule has 0 aliphatic heterocycles. The van der Waals surface area contributed by atoms with Gasteiger partial charge in [0.15, 0.2) is 0 Å². The summed E-state index contributed by atoms with van der Waals surface area (Å²) in [5, 5.41) is 8.21. The van der Waals surface area contributed by atoms with Crippen LogP contribution in [0.2, 0.25) is 5.02 Å². The maximum atomic E-state index is 13.1. The van der Waals surface area contributed by atoms with E-state index in [0.29, 0.717) is 5.02 Å². The summed E-state index contributed by atoms with van der Waals surface area (Å²) >= 11 is 6.04. The van der Waals surface area contributed by atoms with Crippen LogP contribution in [0.3, 0.4) is 0 Å². The van der Waals surface area contributed by atoms with Gasteiger partial charge in [-0.15, -0.1) is 0 Å². The summed E-state index contributed by atoms with van der Waals surface area (Å²) in [7, 11) is 0. The van der Waals surface area contributed by atoms with Gasteiger partial charge in [0.25, 0.3) is 0 Å². The predicted octanol–water partition coefficient (Wildman–Crippen LogP) is 7.44. The molecular weight excluding hydrogens is 480 g/mol. The van der Waals surface area contributed by atoms with Gasteiger partial charge in [-0.05, 0) is 73.7 Å². The lowest BCUT2D eigenvalue weighted by atomic mass is 9.90. The highest BCUT2D eigenvalue weighted by molar-refractivity contribution is 6.31. The first kappa shape index (κ1) is 24.6. The molecule has 1 aliphatic carbocycles. The van der Waals surface area contributed by atoms with Crippen LogP contribution in [-0.2, 0) is 18.9 Å². The van der Waals surface area contributed by atoms with Gasteiger partial charge >= 0.3 is 12.4 Å². The minimum atomic E-state index is -4.85. The predicted molar refractivity (Wildman–Crippen MR) is 120 cm³/mol. The number of hydrogen-bond donors (Lipinski definition) is 2. The first-order valence-corrected chi connectivity index (χ1v) is 11.2. The summed E-state index contributed by atoms with van der Waals surface area (Å²) in [5.74, 6) is 0. The number of rotatable bonds is 5. The van der Waals surface area contributed by atoms with Crippen LogP contribution in [0.25, 0.3) is 10.9 Å². The van der Waals surface area contributed by atoms with Crippen molar-refractivity contribution < 1.29 is 26.3 Å². The Labute approximate surface area is 197 Å². The van der Waals surface area contributed by atoms with Gasteiger partial charge in [-0.2, -0.15) is 26.3 Å². The Kier molecular flexibility index (Phi) is 6.96. The van der Waals surface area contributed by atoms with Crippen molar-refractivity contribution in [2.75, 3.05) is 5.32 Å². The van der Waals surface area contributed by atoms with E-state index < -0.39 is 23.5 Å². The zero-order valence-corrected chi connectivity index (χ0v) is 18.7. The fourth-order valence-corrected chi connectivity index (χ4v) is 4.46. The normalized spacial score (nSPS) is 19.4. The molecule has 4 rings (SSSR count). The van der Waals surface area contributed by atoms with Crippen molar-refractivity contribution in [3.8, 4) is 0 Å². The lowest BCUT2D eigenvalue weighted by Crippen LogP contribution is -2.36. The van der Waals surface area contributed by atoms with Gasteiger partial charge in [0.1, 0.15) is 0 Å². The lowest BCUT2D eigenvalue weighted by Gasteiger charge is -2.31. The average molecular weight is 502 g/mol. The number of benzene rings is 2. The fraction of sp³-hybridized carbons (Fsp3) is 0.375. The Bertz CT molecular complexity index is 1120. The van der Waals surface area contributed by atoms with Crippen LogP contribution in [0.5, 0.6) is 0 Å². The first-order chi connectivity index (χ1) is 16.0. The molecule has 10 heteroatoms. The highest BCUT2D eigenvalue weighted by Gasteiger charge is 2.37. The number of aromatic nitrogens is 1. The smallest absolute Gasteiger partial charge is 0.382 e. The quantitative estimate of drug-likeness (QED) is 0.357. The van der Waals surface area contributed by atoms with Crippen molar-refractivity contribution in [2.45, 2.75) is 56.7 Å². The van der Waals surface area contributed by atoms with Gasteiger partial charge in [-0.3, -0.25) is 4.98 Å². The highest BCUT2D eigenvalue weighted by Crippen LogP contribution is 2.36. The second-order valence-corrected chi connectivity index (χ2v) is 8.94. The third-order valence-corrected chi connectivity index (χ3v) is 6.27. The van der Waals surface area contributed by atoms with Crippen molar-refractivity contribution >= 4 is 28.2 Å². The molecule has 1 aromatic heterocycles. The molecule has 0 unspecified atom stereocenters. The number of alkyl halides is 6. The summed E-state index contributed by atoms with van der Waals surface area (Å²) in [6.07, 6.45) is -4.87. The van der Waals surface area contributed by atoms with Gasteiger partial charge in [0, 0.05) is 40.9 Å². The fourth-order valence-electron chi connectivity index (χ4n) is 4.29. The maximum absolute atomic E-state index is 13.1. The molecule has 0 atom stereocenters. The molecule has 3 nitrogen and oxygen atoms in total. The van der Waals surface area contributed by atoms with Crippen molar-refractivity contribution in [3.63, 3.8) is 0 Å². The molecule has 1 aliphatic rings. The standard InChI is InChI=1S/C24H22ClF6N3/c25-17-1-6-20-21(7-8-32-22(20)12-17)34-19-4-2-18(3-5-19)33-13-14-9-15(23(26,27)28)11-16(10-14)24(29,30)31/h1,6-12,18-19,33H,2-5,13H2,(H,32,34). The molecule has 0 amide bonds. The zero-order valence-electron chi connectivity index (χ0n) is 17.9. The summed E-state index contributed by atoms with van der Waals surface area (Å²) in [6.45, 7) is -0.0640. The minimum absolute atomic E-state index is 0.00919. The van der Waals surface area contributed by atoms with E-state index in [4.69, 9.17) is 11.6 Å². The van der Waals surface area contributed by atoms with Crippen LogP contribution in [0.1, 0.15) is 42.4 Å². The lowest BCUT2D eigenvalue weighted by molar-refractivity contribution is -0.143. The van der Waals surface area contributed by atoms with Gasteiger partial charge in [0.05, 0.1) is 16.6 Å². The van der Waals surface area contributed by atoms with Crippen LogP contribution in [-0.4, -0.2) is 17.1 Å². The molecule has 1 fully saturated rings. The van der Waals surface area contributed by atoms with Crippen molar-refractivity contribution in [1.29, 1.82) is 0 Å². The minimum Gasteiger partial charge on any atom is -0.382 e. The molecule has 2 N–H and O–H groups in total. The van der Waals surface area contributed by atoms with E-state index in [1.165, 1.54) is 0 Å². The number of fused-ring (bicyclic) bond motifs is 1. The Balaban J connectivity index is 1.36. The molecule has 0 bridgehead atoms. The molecule has 0 saturated heterocycles. The number of halogens is 7. The van der Waals surface area contributed by atoms with Crippen LogP contribution in [0, 0.1) is 0 Å². The van der Waals surface area contributed by atoms with Gasteiger partial charge < -0.3 is 10.6 Å². The third kappa shape index (κ3) is 5.93. The Hall–Kier alpha value is -2.52. The summed E-state index contributed by atoms with van der Waals surface area (Å²) in [5.41, 5.74) is -0.894. The maximum Gasteiger partial charge on any atom is 0.416 e. The Morgan fingerprint density at radius 1 is 0.824 bits per heavy atom. The van der Waals surface area contributed by atoms with Crippen LogP contribution in [0.15, 0.2) is 48.7 Å². The van der Waals surface area contributed by atoms with E-state index >= 15 is 0 Å². The molecule has 34 heavy (non-hydrogen) atoms. The molecule has 2 aromatic carbocycles. The molecule has 3 aromatic rings. The van der Waals surface area contributed by atoms with Crippen LogP contribution < -0.4 is 10.6 Å². The SMILES string of the molecule is FC(F)(F)c1cc(CNC2CCC(Nc3ccnc4cc(Cl)ccc34)CC2)cc(C(F)(F)F)c1. The summed E-state index contributed by atoms with van der Waals surface area (Å²) in [4.78, 5) is 4.33. The Morgan fingerprint density at radius 2 is 1.44 bits per heavy atom. The second-order valence-electron chi connectivity index (χ2n) is 8.51. The van der Waals surface area contributed by atoms with E-state index in [9.17, 15) is 26.3 Å². The number of nitrogens with zero attached hydrogens (tertiary/aromatic N) is 1. The summed E-state index contributed by atoms with van der Waals surface area (Å²) < 4.78 is 78.4. The van der Waals surface area contributed by atoms with Crippen LogP contribution >= 0.6 is 11.6 Å². The van der Waals surface area contributed by atoms with E-state index in [-0.39, 0.29) is 30.3 Å². The Morgan fingerprint density at radius 3 is 2.06 bits per heavy atom. The van der Waals surface area contributed by atoms with Crippen molar-refractivity contribution in [2.24, 2.45) is 0 Å². The number of anilines is 1. The van der Waals surface area contributed by atoms with Gasteiger partial charge in [-0.25, -0.2) is 0 Å². The monoisotopic (exact) mass is 501 g/mol. The molecule has 182 valence electrons. The van der Waals surface area contributed by atoms with Gasteiger partial charge in [0.2, 0.25) is 0 Å². The third-order valence-electron chi connectivity index (χ3n) is 6.03. The number of pyridine rings is 1. The average Bonchev–Trinajstić information content (AvgIpc) is 2.77. The van der Waals surface area contributed by atoms with Crippen LogP contribution in [0.4, 0.5) is 32.0 Å². The van der Waals surface area contributed by atoms with E-state index in [2.05, 4.69) is 15.6 Å². The number of nitrogens with one attached hydrogen (secondary N) is 2. The van der Waals surface area contributed by atoms with Crippen molar-refractivity contribution in [1.82, 2.24) is 10.3 Å². The van der Waals surface area contributed by atoms with E-state index in [1.807, 2.05) is 12.1 Å². The second kappa shape index (κ2) is 9.62. The molecule has 1 saturated carbocycles. The molecule has 0 radical (unpaired) electrons. The zero-order chi connectivity index (χ0) is 24.5. The number of hydrogen-bond acceptors (Lipinski definition) is 3. The van der Waals surface area contributed by atoms with E-state index in [1.54, 1.807) is 18.3 Å². The van der Waals surface area contributed by atoms with E-state index in [0.717, 1.165) is 54.4 Å². The summed E-state index contributed by atoms with van der Waals surface area (Å²) in [6, 6.07) is 9.30. The molecule has 0 spiro atoms. The molecule has 1 heterocycles. The van der Waals surface area contributed by atoms with Crippen molar-refractivity contribution in [3.05, 3.63) is 70.4 Å². The van der Waals surface area contributed by atoms with Gasteiger partial charge in [-0.1, -0.05) is 11.6 Å². The largest absolute Gasteiger partial charge is 0.416 e. The highest BCUT2D eigenvalue weighted by atomic mass is 35.5.